The molecule has 31 heavy (non-hydrogen) atoms. The summed E-state index contributed by atoms with van der Waals surface area (Å²) in [5, 5.41) is 9.91. The largest absolute Gasteiger partial charge is 0.332 e. The third-order valence-corrected chi connectivity index (χ3v) is 7.05. The molecule has 2 aromatic carbocycles. The molecule has 160 valence electrons. The molecule has 2 atom stereocenters. The molecule has 2 unspecified atom stereocenters. The average Bonchev–Trinajstić information content (AvgIpc) is 3.16. The van der Waals surface area contributed by atoms with E-state index in [9.17, 15) is 14.0 Å². The Morgan fingerprint density at radius 2 is 1.97 bits per heavy atom. The zero-order valence-corrected chi connectivity index (χ0v) is 18.4. The lowest BCUT2D eigenvalue weighted by atomic mass is 10.1. The lowest BCUT2D eigenvalue weighted by Gasteiger charge is -2.30. The first kappa shape index (κ1) is 21.5. The quantitative estimate of drug-likeness (QED) is 0.521. The molecule has 0 aliphatic carbocycles. The van der Waals surface area contributed by atoms with Gasteiger partial charge in [0.25, 0.3) is 0 Å². The Labute approximate surface area is 187 Å². The fraction of sp³-hybridized carbons (Fsp3) is 0.227. The number of benzene rings is 2. The molecule has 0 radical (unpaired) electrons. The third kappa shape index (κ3) is 5.49. The molecular weight excluding hydrogens is 435 g/mol. The van der Waals surface area contributed by atoms with Gasteiger partial charge in [-0.1, -0.05) is 30.3 Å². The molecule has 1 fully saturated rings. The van der Waals surface area contributed by atoms with Crippen LogP contribution in [0.15, 0.2) is 54.6 Å². The van der Waals surface area contributed by atoms with Crippen LogP contribution >= 0.6 is 23.1 Å². The maximum Gasteiger partial charge on any atom is 0.234 e. The lowest BCUT2D eigenvalue weighted by molar-refractivity contribution is -0.123. The Bertz CT molecular complexity index is 1070. The fourth-order valence-corrected chi connectivity index (χ4v) is 5.25. The maximum absolute atomic E-state index is 13.0. The minimum atomic E-state index is -0.396. The second kappa shape index (κ2) is 9.59. The molecule has 2 amide bonds. The summed E-state index contributed by atoms with van der Waals surface area (Å²) in [6, 6.07) is 15.4. The number of carbonyl (C=O) groups excluding carboxylic acids is 2. The van der Waals surface area contributed by atoms with Gasteiger partial charge < -0.3 is 10.6 Å². The van der Waals surface area contributed by atoms with Crippen LogP contribution in [-0.2, 0) is 9.59 Å². The normalized spacial score (nSPS) is 18.5. The van der Waals surface area contributed by atoms with Crippen molar-refractivity contribution in [1.29, 1.82) is 0 Å². The number of aryl methyl sites for hydroxylation is 1. The topological polar surface area (TPSA) is 83.1 Å². The van der Waals surface area contributed by atoms with Gasteiger partial charge in [0.05, 0.1) is 17.5 Å². The molecule has 3 aromatic rings. The second-order valence-corrected chi connectivity index (χ2v) is 9.20. The van der Waals surface area contributed by atoms with E-state index in [2.05, 4.69) is 20.9 Å². The van der Waals surface area contributed by atoms with Gasteiger partial charge in [-0.05, 0) is 31.2 Å². The molecular formula is C22H21FN4O2S2. The summed E-state index contributed by atoms with van der Waals surface area (Å²) in [5.74, 6) is -0.524. The summed E-state index contributed by atoms with van der Waals surface area (Å²) in [4.78, 5) is 30.2. The molecule has 0 saturated carbocycles. The fourth-order valence-electron chi connectivity index (χ4n) is 3.26. The summed E-state index contributed by atoms with van der Waals surface area (Å²) < 4.78 is 13.0. The van der Waals surface area contributed by atoms with Crippen molar-refractivity contribution < 1.29 is 14.0 Å². The predicted molar refractivity (Wildman–Crippen MR) is 122 cm³/mol. The first-order valence-electron chi connectivity index (χ1n) is 9.73. The van der Waals surface area contributed by atoms with Crippen LogP contribution in [0.4, 0.5) is 10.1 Å². The Kier molecular flexibility index (Phi) is 6.64. The van der Waals surface area contributed by atoms with E-state index in [4.69, 9.17) is 0 Å². The van der Waals surface area contributed by atoms with Crippen molar-refractivity contribution in [1.82, 2.24) is 15.6 Å². The Morgan fingerprint density at radius 1 is 1.23 bits per heavy atom. The van der Waals surface area contributed by atoms with Gasteiger partial charge >= 0.3 is 0 Å². The van der Waals surface area contributed by atoms with E-state index >= 15 is 0 Å². The summed E-state index contributed by atoms with van der Waals surface area (Å²) in [6.45, 7) is 1.95. The summed E-state index contributed by atoms with van der Waals surface area (Å²) in [7, 11) is 0. The van der Waals surface area contributed by atoms with Crippen LogP contribution in [-0.4, -0.2) is 28.0 Å². The zero-order chi connectivity index (χ0) is 21.8. The highest BCUT2D eigenvalue weighted by Gasteiger charge is 2.30. The summed E-state index contributed by atoms with van der Waals surface area (Å²) >= 11 is 2.87. The number of carbonyl (C=O) groups is 2. The Hall–Kier alpha value is -2.75. The molecule has 3 N–H and O–H groups in total. The average molecular weight is 457 g/mol. The second-order valence-electron chi connectivity index (χ2n) is 7.07. The number of nitrogens with one attached hydrogen (secondary N) is 3. The highest BCUT2D eigenvalue weighted by atomic mass is 32.2. The van der Waals surface area contributed by atoms with E-state index in [1.54, 1.807) is 11.3 Å². The zero-order valence-electron chi connectivity index (χ0n) is 16.7. The number of thiazole rings is 1. The van der Waals surface area contributed by atoms with Gasteiger partial charge in [-0.15, -0.1) is 23.1 Å². The van der Waals surface area contributed by atoms with Crippen molar-refractivity contribution in [3.05, 3.63) is 71.0 Å². The van der Waals surface area contributed by atoms with Gasteiger partial charge in [0.2, 0.25) is 11.8 Å². The molecule has 2 heterocycles. The molecule has 0 spiro atoms. The van der Waals surface area contributed by atoms with Crippen LogP contribution in [0, 0.1) is 12.7 Å². The number of hydrogen-bond acceptors (Lipinski definition) is 6. The highest BCUT2D eigenvalue weighted by Crippen LogP contribution is 2.34. The van der Waals surface area contributed by atoms with E-state index in [1.165, 1.54) is 36.0 Å². The van der Waals surface area contributed by atoms with Crippen LogP contribution < -0.4 is 16.0 Å². The van der Waals surface area contributed by atoms with Crippen LogP contribution in [0.1, 0.15) is 23.0 Å². The molecule has 1 saturated heterocycles. The van der Waals surface area contributed by atoms with E-state index in [0.29, 0.717) is 12.1 Å². The van der Waals surface area contributed by atoms with Gasteiger partial charge in [-0.2, -0.15) is 0 Å². The van der Waals surface area contributed by atoms with Gasteiger partial charge in [-0.3, -0.25) is 14.9 Å². The van der Waals surface area contributed by atoms with E-state index in [-0.39, 0.29) is 29.4 Å². The van der Waals surface area contributed by atoms with Gasteiger partial charge in [0.15, 0.2) is 0 Å². The van der Waals surface area contributed by atoms with E-state index < -0.39 is 5.50 Å². The number of rotatable bonds is 6. The van der Waals surface area contributed by atoms with Gasteiger partial charge in [0, 0.05) is 22.5 Å². The maximum atomic E-state index is 13.0. The number of aromatic nitrogens is 1. The van der Waals surface area contributed by atoms with Crippen LogP contribution in [0.2, 0.25) is 0 Å². The van der Waals surface area contributed by atoms with Crippen LogP contribution in [0.25, 0.3) is 10.6 Å². The Morgan fingerprint density at radius 3 is 2.71 bits per heavy atom. The minimum Gasteiger partial charge on any atom is -0.332 e. The lowest BCUT2D eigenvalue weighted by Crippen LogP contribution is -2.51. The minimum absolute atomic E-state index is 0.0748. The summed E-state index contributed by atoms with van der Waals surface area (Å²) in [5.41, 5.74) is 2.07. The standard InChI is InChI=1S/C22H21FN4O2S2/c1-13-20(31-21(24-13)14-5-3-2-4-6-14)17-11-18(28)27-22(26-17)30-12-19(29)25-16-9-7-15(23)8-10-16/h2-10,17,22,26H,11-12H2,1H3,(H,25,29)(H,27,28). The molecule has 1 aliphatic heterocycles. The van der Waals surface area contributed by atoms with Crippen molar-refractivity contribution in [2.75, 3.05) is 11.1 Å². The van der Waals surface area contributed by atoms with Crippen molar-refractivity contribution in [3.8, 4) is 10.6 Å². The monoisotopic (exact) mass is 456 g/mol. The van der Waals surface area contributed by atoms with E-state index in [0.717, 1.165) is 21.1 Å². The SMILES string of the molecule is Cc1nc(-c2ccccc2)sc1C1CC(=O)NC(SCC(=O)Nc2ccc(F)cc2)N1. The smallest absolute Gasteiger partial charge is 0.234 e. The number of halogens is 1. The van der Waals surface area contributed by atoms with Crippen molar-refractivity contribution in [2.24, 2.45) is 0 Å². The first-order chi connectivity index (χ1) is 15.0. The van der Waals surface area contributed by atoms with Crippen molar-refractivity contribution in [2.45, 2.75) is 24.9 Å². The van der Waals surface area contributed by atoms with Gasteiger partial charge in [-0.25, -0.2) is 9.37 Å². The number of anilines is 1. The summed E-state index contributed by atoms with van der Waals surface area (Å²) in [6.07, 6.45) is 0.316. The number of hydrogen-bond donors (Lipinski definition) is 3. The third-order valence-electron chi connectivity index (χ3n) is 4.71. The highest BCUT2D eigenvalue weighted by molar-refractivity contribution is 8.00. The molecule has 4 rings (SSSR count). The van der Waals surface area contributed by atoms with Gasteiger partial charge in [0.1, 0.15) is 16.3 Å². The molecule has 6 nitrogen and oxygen atoms in total. The van der Waals surface area contributed by atoms with Crippen molar-refractivity contribution >= 4 is 40.6 Å². The Balaban J connectivity index is 1.38. The first-order valence-corrected chi connectivity index (χ1v) is 11.6. The van der Waals surface area contributed by atoms with Crippen LogP contribution in [0.5, 0.6) is 0 Å². The number of amides is 2. The predicted octanol–water partition coefficient (Wildman–Crippen LogP) is 4.06. The molecule has 1 aliphatic rings. The molecule has 9 heteroatoms. The molecule has 0 bridgehead atoms. The van der Waals surface area contributed by atoms with Crippen molar-refractivity contribution in [3.63, 3.8) is 0 Å². The van der Waals surface area contributed by atoms with Crippen LogP contribution in [0.3, 0.4) is 0 Å². The molecule has 1 aromatic heterocycles. The van der Waals surface area contributed by atoms with E-state index in [1.807, 2.05) is 37.3 Å². The number of thioether (sulfide) groups is 1. The number of nitrogens with zero attached hydrogens (tertiary/aromatic N) is 1.